The van der Waals surface area contributed by atoms with Gasteiger partial charge < -0.3 is 9.47 Å². The second kappa shape index (κ2) is 9.74. The normalized spacial score (nSPS) is 10.5. The van der Waals surface area contributed by atoms with Crippen molar-refractivity contribution < 1.29 is 19.1 Å². The molecule has 0 fully saturated rings. The standard InChI is InChI=1S/C19H20N6O4S/c1-4-10-28-18(27)16-12(3)20-19(30-16)21-17(26)13-6-8-14(9-7-13)29-11-15-22-23-24-25(15)5-2/h4,6-9H,1,5,10-11H2,2-3H3,(H,20,21,26). The maximum atomic E-state index is 12.5. The van der Waals surface area contributed by atoms with Crippen LogP contribution in [0.25, 0.3) is 0 Å². The van der Waals surface area contributed by atoms with Crippen LogP contribution in [0.4, 0.5) is 5.13 Å². The van der Waals surface area contributed by atoms with Gasteiger partial charge in [-0.05, 0) is 48.5 Å². The van der Waals surface area contributed by atoms with Crippen molar-refractivity contribution in [2.45, 2.75) is 27.0 Å². The topological polar surface area (TPSA) is 121 Å². The fourth-order valence-electron chi connectivity index (χ4n) is 2.43. The molecule has 10 nitrogen and oxygen atoms in total. The molecule has 3 rings (SSSR count). The van der Waals surface area contributed by atoms with Crippen molar-refractivity contribution in [2.75, 3.05) is 11.9 Å². The molecule has 0 unspecified atom stereocenters. The third-order valence-corrected chi connectivity index (χ3v) is 4.98. The average Bonchev–Trinajstić information content (AvgIpc) is 3.36. The van der Waals surface area contributed by atoms with E-state index < -0.39 is 5.97 Å². The molecule has 0 aliphatic heterocycles. The first-order valence-corrected chi connectivity index (χ1v) is 9.88. The molecule has 2 aromatic heterocycles. The number of carbonyl (C=O) groups is 2. The SMILES string of the molecule is C=CCOC(=O)c1sc(NC(=O)c2ccc(OCc3nnnn3CC)cc2)nc1C. The van der Waals surface area contributed by atoms with E-state index in [1.54, 1.807) is 35.9 Å². The molecule has 0 saturated heterocycles. The first kappa shape index (κ1) is 21.1. The molecule has 2 heterocycles. The number of hydrogen-bond donors (Lipinski definition) is 1. The maximum absolute atomic E-state index is 12.5. The molecule has 0 aliphatic carbocycles. The quantitative estimate of drug-likeness (QED) is 0.408. The Balaban J connectivity index is 1.59. The van der Waals surface area contributed by atoms with Gasteiger partial charge in [-0.3, -0.25) is 10.1 Å². The summed E-state index contributed by atoms with van der Waals surface area (Å²) in [6.07, 6.45) is 1.48. The van der Waals surface area contributed by atoms with Gasteiger partial charge in [0.1, 0.15) is 23.8 Å². The lowest BCUT2D eigenvalue weighted by atomic mass is 10.2. The molecule has 1 aromatic carbocycles. The van der Waals surface area contributed by atoms with Gasteiger partial charge in [0.25, 0.3) is 5.91 Å². The number of nitrogens with one attached hydrogen (secondary N) is 1. The Morgan fingerprint density at radius 3 is 2.77 bits per heavy atom. The number of benzene rings is 1. The summed E-state index contributed by atoms with van der Waals surface area (Å²) in [6.45, 7) is 8.09. The third-order valence-electron chi connectivity index (χ3n) is 3.92. The van der Waals surface area contributed by atoms with Crippen molar-refractivity contribution in [2.24, 2.45) is 0 Å². The number of rotatable bonds is 9. The molecule has 3 aromatic rings. The summed E-state index contributed by atoms with van der Waals surface area (Å²) >= 11 is 1.06. The first-order valence-electron chi connectivity index (χ1n) is 9.06. The van der Waals surface area contributed by atoms with Gasteiger partial charge >= 0.3 is 5.97 Å². The summed E-state index contributed by atoms with van der Waals surface area (Å²) in [4.78, 5) is 29.0. The fraction of sp³-hybridized carbons (Fsp3) is 0.263. The molecule has 0 atom stereocenters. The molecule has 0 saturated carbocycles. The minimum absolute atomic E-state index is 0.111. The molecule has 0 radical (unpaired) electrons. The van der Waals surface area contributed by atoms with E-state index in [0.717, 1.165) is 11.3 Å². The zero-order chi connectivity index (χ0) is 21.5. The number of aryl methyl sites for hydroxylation is 2. The number of anilines is 1. The monoisotopic (exact) mass is 428 g/mol. The van der Waals surface area contributed by atoms with E-state index in [0.29, 0.717) is 39.4 Å². The highest BCUT2D eigenvalue weighted by atomic mass is 32.1. The van der Waals surface area contributed by atoms with Crippen molar-refractivity contribution in [1.29, 1.82) is 0 Å². The molecule has 0 spiro atoms. The number of esters is 1. The molecule has 0 aliphatic rings. The minimum atomic E-state index is -0.499. The van der Waals surface area contributed by atoms with Crippen LogP contribution in [0.3, 0.4) is 0 Å². The fourth-order valence-corrected chi connectivity index (χ4v) is 3.29. The van der Waals surface area contributed by atoms with Crippen LogP contribution in [-0.2, 0) is 17.9 Å². The van der Waals surface area contributed by atoms with Gasteiger partial charge in [0.2, 0.25) is 0 Å². The molecule has 11 heteroatoms. The average molecular weight is 428 g/mol. The van der Waals surface area contributed by atoms with Gasteiger partial charge in [-0.2, -0.15) is 0 Å². The van der Waals surface area contributed by atoms with E-state index in [-0.39, 0.29) is 19.1 Å². The number of ether oxygens (including phenoxy) is 2. The lowest BCUT2D eigenvalue weighted by Crippen LogP contribution is -2.11. The van der Waals surface area contributed by atoms with Crippen LogP contribution >= 0.6 is 11.3 Å². The Morgan fingerprint density at radius 2 is 2.07 bits per heavy atom. The van der Waals surface area contributed by atoms with Gasteiger partial charge in [0, 0.05) is 12.1 Å². The number of amides is 1. The summed E-state index contributed by atoms with van der Waals surface area (Å²) in [5.41, 5.74) is 0.909. The Labute approximate surface area is 176 Å². The van der Waals surface area contributed by atoms with E-state index in [1.807, 2.05) is 6.92 Å². The van der Waals surface area contributed by atoms with Crippen molar-refractivity contribution in [3.05, 3.63) is 58.9 Å². The highest BCUT2D eigenvalue weighted by Crippen LogP contribution is 2.24. The molecule has 1 amide bonds. The van der Waals surface area contributed by atoms with Gasteiger partial charge in [0.15, 0.2) is 11.0 Å². The minimum Gasteiger partial charge on any atom is -0.486 e. The van der Waals surface area contributed by atoms with Gasteiger partial charge in [0.05, 0.1) is 5.69 Å². The Kier molecular flexibility index (Phi) is 6.86. The van der Waals surface area contributed by atoms with Crippen LogP contribution < -0.4 is 10.1 Å². The Morgan fingerprint density at radius 1 is 1.30 bits per heavy atom. The number of aromatic nitrogens is 5. The lowest BCUT2D eigenvalue weighted by molar-refractivity contribution is 0.0554. The van der Waals surface area contributed by atoms with Crippen LogP contribution in [0.2, 0.25) is 0 Å². The summed E-state index contributed by atoms with van der Waals surface area (Å²) in [6, 6.07) is 6.63. The molecule has 30 heavy (non-hydrogen) atoms. The van der Waals surface area contributed by atoms with Crippen molar-refractivity contribution in [3.8, 4) is 5.75 Å². The Hall–Kier alpha value is -3.60. The maximum Gasteiger partial charge on any atom is 0.350 e. The van der Waals surface area contributed by atoms with Crippen LogP contribution in [0.1, 0.15) is 38.5 Å². The highest BCUT2D eigenvalue weighted by molar-refractivity contribution is 7.17. The summed E-state index contributed by atoms with van der Waals surface area (Å²) in [7, 11) is 0. The lowest BCUT2D eigenvalue weighted by Gasteiger charge is -2.07. The van der Waals surface area contributed by atoms with Crippen LogP contribution in [0.5, 0.6) is 5.75 Å². The second-order valence-electron chi connectivity index (χ2n) is 6.00. The van der Waals surface area contributed by atoms with Crippen molar-refractivity contribution >= 4 is 28.3 Å². The Bertz CT molecular complexity index is 1040. The largest absolute Gasteiger partial charge is 0.486 e. The number of tetrazole rings is 1. The summed E-state index contributed by atoms with van der Waals surface area (Å²) in [5.74, 6) is 0.340. The summed E-state index contributed by atoms with van der Waals surface area (Å²) in [5, 5.41) is 14.4. The van der Waals surface area contributed by atoms with E-state index >= 15 is 0 Å². The molecule has 1 N–H and O–H groups in total. The smallest absolute Gasteiger partial charge is 0.350 e. The zero-order valence-electron chi connectivity index (χ0n) is 16.5. The zero-order valence-corrected chi connectivity index (χ0v) is 17.3. The van der Waals surface area contributed by atoms with Crippen molar-refractivity contribution in [3.63, 3.8) is 0 Å². The van der Waals surface area contributed by atoms with E-state index in [9.17, 15) is 9.59 Å². The van der Waals surface area contributed by atoms with E-state index in [2.05, 4.69) is 32.4 Å². The van der Waals surface area contributed by atoms with Crippen LogP contribution in [-0.4, -0.2) is 43.7 Å². The van der Waals surface area contributed by atoms with Crippen molar-refractivity contribution in [1.82, 2.24) is 25.2 Å². The number of thiazole rings is 1. The molecule has 0 bridgehead atoms. The summed E-state index contributed by atoms with van der Waals surface area (Å²) < 4.78 is 12.3. The number of carbonyl (C=O) groups excluding carboxylic acids is 2. The number of hydrogen-bond acceptors (Lipinski definition) is 9. The first-order chi connectivity index (χ1) is 14.5. The predicted octanol–water partition coefficient (Wildman–Crippen LogP) is 2.63. The van der Waals surface area contributed by atoms with Gasteiger partial charge in [-0.1, -0.05) is 24.0 Å². The second-order valence-corrected chi connectivity index (χ2v) is 7.00. The third kappa shape index (κ3) is 5.06. The van der Waals surface area contributed by atoms with Gasteiger partial charge in [-0.25, -0.2) is 14.5 Å². The van der Waals surface area contributed by atoms with Gasteiger partial charge in [-0.15, -0.1) is 5.10 Å². The molecular formula is C19H20N6O4S. The molecule has 156 valence electrons. The number of nitrogens with zero attached hydrogens (tertiary/aromatic N) is 5. The predicted molar refractivity (Wildman–Crippen MR) is 110 cm³/mol. The highest BCUT2D eigenvalue weighted by Gasteiger charge is 2.18. The van der Waals surface area contributed by atoms with E-state index in [1.165, 1.54) is 6.08 Å². The molecular weight excluding hydrogens is 408 g/mol. The van der Waals surface area contributed by atoms with E-state index in [4.69, 9.17) is 9.47 Å². The van der Waals surface area contributed by atoms with Crippen LogP contribution in [0.15, 0.2) is 36.9 Å². The van der Waals surface area contributed by atoms with Crippen LogP contribution in [0, 0.1) is 6.92 Å².